The summed E-state index contributed by atoms with van der Waals surface area (Å²) >= 11 is 0. The van der Waals surface area contributed by atoms with Gasteiger partial charge in [0.15, 0.2) is 0 Å². The molecule has 0 saturated heterocycles. The minimum absolute atomic E-state index is 0.0722. The minimum Gasteiger partial charge on any atom is -0.365 e. The van der Waals surface area contributed by atoms with E-state index in [0.717, 1.165) is 0 Å². The van der Waals surface area contributed by atoms with Gasteiger partial charge in [0.25, 0.3) is 0 Å². The summed E-state index contributed by atoms with van der Waals surface area (Å²) in [5.74, 6) is 0.188. The topological polar surface area (TPSA) is 61.6 Å². The second-order valence-electron chi connectivity index (χ2n) is 5.83. The van der Waals surface area contributed by atoms with Crippen LogP contribution in [-0.4, -0.2) is 9.97 Å². The molecule has 0 amide bonds. The maximum atomic E-state index is 13.0. The van der Waals surface area contributed by atoms with Crippen LogP contribution < -0.4 is 5.32 Å². The van der Waals surface area contributed by atoms with E-state index in [4.69, 9.17) is 5.26 Å². The maximum Gasteiger partial charge on any atom is 0.416 e. The quantitative estimate of drug-likeness (QED) is 0.622. The Kier molecular flexibility index (Phi) is 4.85. The Hall–Kier alpha value is -3.35. The van der Waals surface area contributed by atoms with Gasteiger partial charge in [0.1, 0.15) is 12.1 Å². The van der Waals surface area contributed by atoms with Gasteiger partial charge in [-0.15, -0.1) is 0 Å². The summed E-state index contributed by atoms with van der Waals surface area (Å²) in [5, 5.41) is 12.1. The van der Waals surface area contributed by atoms with E-state index in [1.165, 1.54) is 18.5 Å². The van der Waals surface area contributed by atoms with Crippen molar-refractivity contribution in [1.82, 2.24) is 9.97 Å². The summed E-state index contributed by atoms with van der Waals surface area (Å²) in [5.41, 5.74) is -2.22. The van der Waals surface area contributed by atoms with Crippen molar-refractivity contribution in [2.45, 2.75) is 18.9 Å². The molecule has 1 N–H and O–H groups in total. The second kappa shape index (κ2) is 6.99. The molecule has 0 saturated carbocycles. The fourth-order valence-corrected chi connectivity index (χ4v) is 2.57. The fourth-order valence-electron chi connectivity index (χ4n) is 2.57. The van der Waals surface area contributed by atoms with Gasteiger partial charge in [-0.2, -0.15) is 31.6 Å². The van der Waals surface area contributed by atoms with Crippen molar-refractivity contribution in [3.8, 4) is 6.07 Å². The van der Waals surface area contributed by atoms with Crippen LogP contribution in [0.2, 0.25) is 0 Å². The number of hydrogen-bond acceptors (Lipinski definition) is 4. The molecule has 0 aliphatic heterocycles. The SMILES string of the molecule is N#Cc1ccc2ncnc(NCc3cc(C(F)(F)F)cc(C(F)(F)F)c3)c2c1. The number of fused-ring (bicyclic) bond motifs is 1. The molecular formula is C18H10F6N4. The van der Waals surface area contributed by atoms with Crippen LogP contribution >= 0.6 is 0 Å². The van der Waals surface area contributed by atoms with Crippen molar-refractivity contribution in [2.75, 3.05) is 5.32 Å². The van der Waals surface area contributed by atoms with Crippen molar-refractivity contribution >= 4 is 16.7 Å². The monoisotopic (exact) mass is 396 g/mol. The van der Waals surface area contributed by atoms with Gasteiger partial charge in [0, 0.05) is 11.9 Å². The highest BCUT2D eigenvalue weighted by Crippen LogP contribution is 2.36. The third-order valence-corrected chi connectivity index (χ3v) is 3.87. The number of aromatic nitrogens is 2. The van der Waals surface area contributed by atoms with E-state index in [1.807, 2.05) is 6.07 Å². The van der Waals surface area contributed by atoms with E-state index in [-0.39, 0.29) is 24.0 Å². The third kappa shape index (κ3) is 4.14. The van der Waals surface area contributed by atoms with Crippen LogP contribution in [0.1, 0.15) is 22.3 Å². The summed E-state index contributed by atoms with van der Waals surface area (Å²) in [6.45, 7) is -0.337. The van der Waals surface area contributed by atoms with Gasteiger partial charge in [0.2, 0.25) is 0 Å². The van der Waals surface area contributed by atoms with Gasteiger partial charge >= 0.3 is 12.4 Å². The summed E-state index contributed by atoms with van der Waals surface area (Å²) in [6.07, 6.45) is -8.64. The third-order valence-electron chi connectivity index (χ3n) is 3.87. The van der Waals surface area contributed by atoms with Gasteiger partial charge in [-0.1, -0.05) is 0 Å². The zero-order valence-corrected chi connectivity index (χ0v) is 13.9. The summed E-state index contributed by atoms with van der Waals surface area (Å²) in [6, 6.07) is 7.87. The van der Waals surface area contributed by atoms with Crippen molar-refractivity contribution in [3.05, 3.63) is 65.0 Å². The predicted molar refractivity (Wildman–Crippen MR) is 88.0 cm³/mol. The van der Waals surface area contributed by atoms with Gasteiger partial charge in [-0.25, -0.2) is 9.97 Å². The van der Waals surface area contributed by atoms with Gasteiger partial charge < -0.3 is 5.32 Å². The molecule has 1 aromatic heterocycles. The van der Waals surface area contributed by atoms with Crippen molar-refractivity contribution in [3.63, 3.8) is 0 Å². The molecular weight excluding hydrogens is 386 g/mol. The van der Waals surface area contributed by atoms with E-state index in [0.29, 0.717) is 28.6 Å². The number of benzene rings is 2. The van der Waals surface area contributed by atoms with Crippen LogP contribution in [0.5, 0.6) is 0 Å². The van der Waals surface area contributed by atoms with E-state index in [9.17, 15) is 26.3 Å². The number of halogens is 6. The highest BCUT2D eigenvalue weighted by atomic mass is 19.4. The highest BCUT2D eigenvalue weighted by molar-refractivity contribution is 5.89. The Bertz CT molecular complexity index is 1030. The van der Waals surface area contributed by atoms with Gasteiger partial charge in [-0.05, 0) is 42.0 Å². The fraction of sp³-hybridized carbons (Fsp3) is 0.167. The number of alkyl halides is 6. The Morgan fingerprint density at radius 3 is 2.11 bits per heavy atom. The number of nitriles is 1. The molecule has 144 valence electrons. The average Bonchev–Trinajstić information content (AvgIpc) is 2.64. The average molecular weight is 396 g/mol. The highest BCUT2D eigenvalue weighted by Gasteiger charge is 2.36. The molecule has 0 unspecified atom stereocenters. The predicted octanol–water partition coefficient (Wildman–Crippen LogP) is 5.15. The van der Waals surface area contributed by atoms with Crippen LogP contribution in [0.4, 0.5) is 32.2 Å². The lowest BCUT2D eigenvalue weighted by molar-refractivity contribution is -0.143. The number of rotatable bonds is 3. The Labute approximate surface area is 154 Å². The molecule has 28 heavy (non-hydrogen) atoms. The van der Waals surface area contributed by atoms with Crippen LogP contribution in [0.25, 0.3) is 10.9 Å². The molecule has 10 heteroatoms. The lowest BCUT2D eigenvalue weighted by Gasteiger charge is -2.15. The zero-order valence-electron chi connectivity index (χ0n) is 13.9. The lowest BCUT2D eigenvalue weighted by Crippen LogP contribution is -2.13. The molecule has 4 nitrogen and oxygen atoms in total. The van der Waals surface area contributed by atoms with E-state index >= 15 is 0 Å². The first-order valence-electron chi connectivity index (χ1n) is 7.75. The first-order valence-corrected chi connectivity index (χ1v) is 7.75. The first kappa shape index (κ1) is 19.4. The Balaban J connectivity index is 1.97. The largest absolute Gasteiger partial charge is 0.416 e. The second-order valence-corrected chi connectivity index (χ2v) is 5.83. The zero-order chi connectivity index (χ0) is 20.5. The molecule has 0 bridgehead atoms. The molecule has 0 fully saturated rings. The van der Waals surface area contributed by atoms with Crippen LogP contribution in [0, 0.1) is 11.3 Å². The van der Waals surface area contributed by atoms with Crippen LogP contribution in [-0.2, 0) is 18.9 Å². The van der Waals surface area contributed by atoms with E-state index < -0.39 is 23.5 Å². The molecule has 1 heterocycles. The number of nitrogens with zero attached hydrogens (tertiary/aromatic N) is 3. The van der Waals surface area contributed by atoms with Crippen molar-refractivity contribution in [1.29, 1.82) is 5.26 Å². The molecule has 0 atom stereocenters. The van der Waals surface area contributed by atoms with E-state index in [2.05, 4.69) is 15.3 Å². The van der Waals surface area contributed by atoms with E-state index in [1.54, 1.807) is 6.07 Å². The van der Waals surface area contributed by atoms with Gasteiger partial charge in [0.05, 0.1) is 28.3 Å². The molecule has 0 spiro atoms. The van der Waals surface area contributed by atoms with Crippen molar-refractivity contribution < 1.29 is 26.3 Å². The van der Waals surface area contributed by atoms with Crippen LogP contribution in [0.15, 0.2) is 42.7 Å². The smallest absolute Gasteiger partial charge is 0.365 e. The maximum absolute atomic E-state index is 13.0. The Morgan fingerprint density at radius 2 is 1.54 bits per heavy atom. The molecule has 0 radical (unpaired) electrons. The van der Waals surface area contributed by atoms with Crippen LogP contribution in [0.3, 0.4) is 0 Å². The summed E-state index contributed by atoms with van der Waals surface area (Å²) in [4.78, 5) is 7.97. The lowest BCUT2D eigenvalue weighted by atomic mass is 10.0. The minimum atomic E-state index is -4.92. The molecule has 0 aliphatic rings. The molecule has 3 aromatic rings. The summed E-state index contributed by atoms with van der Waals surface area (Å²) in [7, 11) is 0. The molecule has 2 aromatic carbocycles. The standard InChI is InChI=1S/C18H10F6N4/c19-17(20,21)12-3-11(4-13(6-12)18(22,23)24)8-26-16-14-5-10(7-25)1-2-15(14)27-9-28-16/h1-6,9H,8H2,(H,26,27,28). The Morgan fingerprint density at radius 1 is 0.893 bits per heavy atom. The molecule has 3 rings (SSSR count). The first-order chi connectivity index (χ1) is 13.1. The normalized spacial score (nSPS) is 12.0. The van der Waals surface area contributed by atoms with Crippen molar-refractivity contribution in [2.24, 2.45) is 0 Å². The van der Waals surface area contributed by atoms with Gasteiger partial charge in [-0.3, -0.25) is 0 Å². The summed E-state index contributed by atoms with van der Waals surface area (Å²) < 4.78 is 77.7. The number of nitrogens with one attached hydrogen (secondary N) is 1. The molecule has 0 aliphatic carbocycles. The number of hydrogen-bond donors (Lipinski definition) is 1. The number of anilines is 1.